The quantitative estimate of drug-likeness (QED) is 0.915. The normalized spacial score (nSPS) is 11.2. The van der Waals surface area contributed by atoms with Gasteiger partial charge >= 0.3 is 0 Å². The van der Waals surface area contributed by atoms with E-state index in [2.05, 4.69) is 45.9 Å². The van der Waals surface area contributed by atoms with Crippen LogP contribution in [0.1, 0.15) is 37.0 Å². The molecular formula is C19H25NO2. The van der Waals surface area contributed by atoms with Gasteiger partial charge in [-0.25, -0.2) is 0 Å². The number of rotatable bonds is 5. The van der Waals surface area contributed by atoms with Crippen molar-refractivity contribution >= 4 is 0 Å². The third-order valence-corrected chi connectivity index (χ3v) is 4.01. The molecule has 0 aliphatic heterocycles. The minimum absolute atomic E-state index is 0.0828. The molecular weight excluding hydrogens is 274 g/mol. The average molecular weight is 299 g/mol. The van der Waals surface area contributed by atoms with Crippen LogP contribution in [0.5, 0.6) is 0 Å². The van der Waals surface area contributed by atoms with E-state index in [9.17, 15) is 9.90 Å². The Morgan fingerprint density at radius 3 is 2.45 bits per heavy atom. The Labute approximate surface area is 132 Å². The van der Waals surface area contributed by atoms with Crippen molar-refractivity contribution in [1.29, 1.82) is 0 Å². The average Bonchev–Trinajstić information content (AvgIpc) is 2.46. The molecule has 0 saturated heterocycles. The third kappa shape index (κ3) is 3.47. The first kappa shape index (κ1) is 16.5. The molecule has 1 N–H and O–H groups in total. The van der Waals surface area contributed by atoms with Crippen LogP contribution < -0.4 is 5.56 Å². The van der Waals surface area contributed by atoms with Crippen molar-refractivity contribution in [2.75, 3.05) is 0 Å². The first-order valence-corrected chi connectivity index (χ1v) is 7.85. The Morgan fingerprint density at radius 1 is 1.14 bits per heavy atom. The second kappa shape index (κ2) is 6.93. The number of aliphatic hydroxyl groups is 1. The summed E-state index contributed by atoms with van der Waals surface area (Å²) in [5, 5.41) is 9.36. The van der Waals surface area contributed by atoms with E-state index in [1.165, 1.54) is 5.56 Å². The Kier molecular flexibility index (Phi) is 5.19. The highest BCUT2D eigenvalue weighted by molar-refractivity contribution is 5.64. The van der Waals surface area contributed by atoms with Gasteiger partial charge < -0.3 is 9.67 Å². The zero-order valence-corrected chi connectivity index (χ0v) is 13.9. The van der Waals surface area contributed by atoms with Crippen LogP contribution in [-0.2, 0) is 13.2 Å². The molecule has 0 aliphatic rings. The van der Waals surface area contributed by atoms with Crippen LogP contribution in [0.3, 0.4) is 0 Å². The number of aryl methyl sites for hydroxylation is 2. The van der Waals surface area contributed by atoms with E-state index in [-0.39, 0.29) is 12.2 Å². The largest absolute Gasteiger partial charge is 0.391 e. The standard InChI is InChI=1S/C19H25NO2/c1-13(2)9-10-20-18(8-6-16(12-21)19(20)22)17-7-5-14(3)11-15(17)4/h5-8,11,13,21H,9-10,12H2,1-4H3. The molecule has 0 atom stereocenters. The second-order valence-electron chi connectivity index (χ2n) is 6.36. The number of aromatic nitrogens is 1. The molecule has 0 saturated carbocycles. The monoisotopic (exact) mass is 299 g/mol. The van der Waals surface area contributed by atoms with Gasteiger partial charge in [0.25, 0.3) is 5.56 Å². The molecule has 0 spiro atoms. The van der Waals surface area contributed by atoms with Gasteiger partial charge in [-0.1, -0.05) is 37.6 Å². The Morgan fingerprint density at radius 2 is 1.86 bits per heavy atom. The second-order valence-corrected chi connectivity index (χ2v) is 6.36. The van der Waals surface area contributed by atoms with E-state index in [1.807, 2.05) is 10.6 Å². The number of hydrogen-bond donors (Lipinski definition) is 1. The van der Waals surface area contributed by atoms with Crippen molar-refractivity contribution in [2.24, 2.45) is 5.92 Å². The summed E-state index contributed by atoms with van der Waals surface area (Å²) in [7, 11) is 0. The van der Waals surface area contributed by atoms with Gasteiger partial charge in [0.1, 0.15) is 0 Å². The maximum atomic E-state index is 12.6. The van der Waals surface area contributed by atoms with E-state index in [0.717, 1.165) is 23.2 Å². The summed E-state index contributed by atoms with van der Waals surface area (Å²) in [6.45, 7) is 8.90. The van der Waals surface area contributed by atoms with Gasteiger partial charge in [0.2, 0.25) is 0 Å². The van der Waals surface area contributed by atoms with Gasteiger partial charge in [-0.3, -0.25) is 4.79 Å². The van der Waals surface area contributed by atoms with Crippen molar-refractivity contribution in [2.45, 2.75) is 47.3 Å². The third-order valence-electron chi connectivity index (χ3n) is 4.01. The van der Waals surface area contributed by atoms with Crippen molar-refractivity contribution in [3.05, 3.63) is 57.4 Å². The minimum atomic E-state index is -0.215. The molecule has 22 heavy (non-hydrogen) atoms. The zero-order chi connectivity index (χ0) is 16.3. The molecule has 1 heterocycles. The van der Waals surface area contributed by atoms with Gasteiger partial charge in [-0.15, -0.1) is 0 Å². The summed E-state index contributed by atoms with van der Waals surface area (Å²) in [5.74, 6) is 0.525. The van der Waals surface area contributed by atoms with Crippen molar-refractivity contribution in [3.63, 3.8) is 0 Å². The molecule has 0 bridgehead atoms. The topological polar surface area (TPSA) is 42.2 Å². The van der Waals surface area contributed by atoms with Gasteiger partial charge in [0, 0.05) is 17.7 Å². The molecule has 118 valence electrons. The maximum Gasteiger partial charge on any atom is 0.256 e. The van der Waals surface area contributed by atoms with Gasteiger partial charge in [0.05, 0.1) is 12.3 Å². The van der Waals surface area contributed by atoms with E-state index in [1.54, 1.807) is 6.07 Å². The summed E-state index contributed by atoms with van der Waals surface area (Å²) in [6, 6.07) is 9.96. The van der Waals surface area contributed by atoms with E-state index in [0.29, 0.717) is 18.0 Å². The van der Waals surface area contributed by atoms with Crippen molar-refractivity contribution in [3.8, 4) is 11.3 Å². The van der Waals surface area contributed by atoms with Gasteiger partial charge in [-0.05, 0) is 43.9 Å². The molecule has 0 unspecified atom stereocenters. The molecule has 3 nitrogen and oxygen atoms in total. The fourth-order valence-corrected chi connectivity index (χ4v) is 2.69. The number of nitrogens with zero attached hydrogens (tertiary/aromatic N) is 1. The molecule has 0 aliphatic carbocycles. The van der Waals surface area contributed by atoms with Crippen LogP contribution in [0.25, 0.3) is 11.3 Å². The first-order valence-electron chi connectivity index (χ1n) is 7.85. The molecule has 2 aromatic rings. The SMILES string of the molecule is Cc1ccc(-c2ccc(CO)c(=O)n2CCC(C)C)c(C)c1. The number of hydrogen-bond acceptors (Lipinski definition) is 2. The van der Waals surface area contributed by atoms with Crippen LogP contribution >= 0.6 is 0 Å². The molecule has 0 fully saturated rings. The number of benzene rings is 1. The van der Waals surface area contributed by atoms with Crippen LogP contribution in [0.4, 0.5) is 0 Å². The fourth-order valence-electron chi connectivity index (χ4n) is 2.69. The van der Waals surface area contributed by atoms with E-state index < -0.39 is 0 Å². The molecule has 1 aromatic carbocycles. The summed E-state index contributed by atoms with van der Waals surface area (Å²) >= 11 is 0. The van der Waals surface area contributed by atoms with Crippen LogP contribution in [-0.4, -0.2) is 9.67 Å². The zero-order valence-electron chi connectivity index (χ0n) is 13.9. The number of pyridine rings is 1. The lowest BCUT2D eigenvalue weighted by Gasteiger charge is -2.17. The Balaban J connectivity index is 2.59. The lowest BCUT2D eigenvalue weighted by molar-refractivity contribution is 0.279. The molecule has 3 heteroatoms. The lowest BCUT2D eigenvalue weighted by Crippen LogP contribution is -2.26. The first-order chi connectivity index (χ1) is 10.4. The van der Waals surface area contributed by atoms with Crippen LogP contribution in [0.2, 0.25) is 0 Å². The number of aliphatic hydroxyl groups excluding tert-OH is 1. The molecule has 0 amide bonds. The van der Waals surface area contributed by atoms with Crippen molar-refractivity contribution < 1.29 is 5.11 Å². The van der Waals surface area contributed by atoms with Crippen LogP contribution in [0, 0.1) is 19.8 Å². The predicted octanol–water partition coefficient (Wildman–Crippen LogP) is 3.67. The molecule has 0 radical (unpaired) electrons. The lowest BCUT2D eigenvalue weighted by atomic mass is 10.0. The maximum absolute atomic E-state index is 12.6. The summed E-state index contributed by atoms with van der Waals surface area (Å²) in [4.78, 5) is 12.6. The molecule has 1 aromatic heterocycles. The summed E-state index contributed by atoms with van der Waals surface area (Å²) < 4.78 is 1.81. The van der Waals surface area contributed by atoms with E-state index in [4.69, 9.17) is 0 Å². The highest BCUT2D eigenvalue weighted by atomic mass is 16.3. The summed E-state index contributed by atoms with van der Waals surface area (Å²) in [5.41, 5.74) is 4.76. The Hall–Kier alpha value is -1.87. The highest BCUT2D eigenvalue weighted by Gasteiger charge is 2.12. The van der Waals surface area contributed by atoms with Crippen LogP contribution in [0.15, 0.2) is 35.1 Å². The predicted molar refractivity (Wildman–Crippen MR) is 91.0 cm³/mol. The van der Waals surface area contributed by atoms with E-state index >= 15 is 0 Å². The van der Waals surface area contributed by atoms with Gasteiger partial charge in [-0.2, -0.15) is 0 Å². The minimum Gasteiger partial charge on any atom is -0.391 e. The van der Waals surface area contributed by atoms with Gasteiger partial charge in [0.15, 0.2) is 0 Å². The summed E-state index contributed by atoms with van der Waals surface area (Å²) in [6.07, 6.45) is 0.937. The van der Waals surface area contributed by atoms with Crippen molar-refractivity contribution in [1.82, 2.24) is 4.57 Å². The molecule has 2 rings (SSSR count). The highest BCUT2D eigenvalue weighted by Crippen LogP contribution is 2.24. The smallest absolute Gasteiger partial charge is 0.256 e. The Bertz CT molecular complexity index is 714. The fraction of sp³-hybridized carbons (Fsp3) is 0.421.